The molecule has 27 heavy (non-hydrogen) atoms. The highest BCUT2D eigenvalue weighted by Crippen LogP contribution is 2.15. The van der Waals surface area contributed by atoms with Crippen LogP contribution in [-0.2, 0) is 9.59 Å². The first-order chi connectivity index (χ1) is 13.0. The minimum Gasteiger partial charge on any atom is -0.335 e. The summed E-state index contributed by atoms with van der Waals surface area (Å²) >= 11 is 0. The molecule has 0 bridgehead atoms. The minimum absolute atomic E-state index is 0.0709. The number of aromatic nitrogens is 6. The van der Waals surface area contributed by atoms with Crippen molar-refractivity contribution < 1.29 is 9.59 Å². The second kappa shape index (κ2) is 7.77. The Morgan fingerprint density at radius 2 is 2.11 bits per heavy atom. The van der Waals surface area contributed by atoms with Gasteiger partial charge in [-0.3, -0.25) is 14.3 Å². The Hall–Kier alpha value is -3.56. The van der Waals surface area contributed by atoms with Crippen LogP contribution in [0.15, 0.2) is 42.7 Å². The smallest absolute Gasteiger partial charge is 0.247 e. The van der Waals surface area contributed by atoms with E-state index in [2.05, 4.69) is 25.9 Å². The maximum absolute atomic E-state index is 12.4. The predicted molar refractivity (Wildman–Crippen MR) is 97.1 cm³/mol. The van der Waals surface area contributed by atoms with Gasteiger partial charge in [-0.1, -0.05) is 6.07 Å². The van der Waals surface area contributed by atoms with Crippen LogP contribution in [0.25, 0.3) is 5.69 Å². The number of hydrogen-bond acceptors (Lipinski definition) is 6. The Kier molecular flexibility index (Phi) is 5.25. The number of rotatable bonds is 6. The van der Waals surface area contributed by atoms with E-state index in [0.717, 1.165) is 5.69 Å². The van der Waals surface area contributed by atoms with E-state index in [1.54, 1.807) is 66.9 Å². The predicted octanol–water partition coefficient (Wildman–Crippen LogP) is 0.825. The Labute approximate surface area is 155 Å². The van der Waals surface area contributed by atoms with Crippen molar-refractivity contribution in [3.63, 3.8) is 0 Å². The van der Waals surface area contributed by atoms with Crippen molar-refractivity contribution in [1.29, 1.82) is 0 Å². The van der Waals surface area contributed by atoms with Crippen LogP contribution < -0.4 is 5.32 Å². The SMILES string of the molecule is Cc1nnnn1-c1cccc(NC(=O)CN(C)C(=O)C(C)n2cccn2)c1. The van der Waals surface area contributed by atoms with Gasteiger partial charge in [0.1, 0.15) is 6.04 Å². The molecule has 2 amide bonds. The van der Waals surface area contributed by atoms with Crippen molar-refractivity contribution >= 4 is 17.5 Å². The zero-order valence-electron chi connectivity index (χ0n) is 15.3. The molecule has 3 rings (SSSR count). The molecule has 1 aromatic carbocycles. The molecule has 0 spiro atoms. The van der Waals surface area contributed by atoms with Crippen molar-refractivity contribution in [2.75, 3.05) is 18.9 Å². The molecule has 10 heteroatoms. The highest BCUT2D eigenvalue weighted by Gasteiger charge is 2.21. The molecule has 3 aromatic rings. The molecule has 0 radical (unpaired) electrons. The quantitative estimate of drug-likeness (QED) is 0.690. The number of carbonyl (C=O) groups excluding carboxylic acids is 2. The van der Waals surface area contributed by atoms with Crippen LogP contribution in [0.2, 0.25) is 0 Å². The number of nitrogens with zero attached hydrogens (tertiary/aromatic N) is 7. The van der Waals surface area contributed by atoms with Gasteiger partial charge < -0.3 is 10.2 Å². The van der Waals surface area contributed by atoms with Crippen molar-refractivity contribution in [3.05, 3.63) is 48.5 Å². The number of nitrogens with one attached hydrogen (secondary N) is 1. The fraction of sp³-hybridized carbons (Fsp3) is 0.294. The number of anilines is 1. The molecule has 0 saturated heterocycles. The highest BCUT2D eigenvalue weighted by atomic mass is 16.2. The van der Waals surface area contributed by atoms with Gasteiger partial charge in [0.15, 0.2) is 5.82 Å². The molecule has 1 N–H and O–H groups in total. The number of carbonyl (C=O) groups is 2. The average molecular weight is 368 g/mol. The van der Waals surface area contributed by atoms with E-state index in [1.165, 1.54) is 4.90 Å². The molecule has 0 fully saturated rings. The van der Waals surface area contributed by atoms with Gasteiger partial charge in [0.05, 0.1) is 12.2 Å². The second-order valence-electron chi connectivity index (χ2n) is 6.09. The van der Waals surface area contributed by atoms with Gasteiger partial charge in [0, 0.05) is 25.1 Å². The number of amides is 2. The summed E-state index contributed by atoms with van der Waals surface area (Å²) in [6, 6.07) is 8.41. The number of hydrogen-bond donors (Lipinski definition) is 1. The van der Waals surface area contributed by atoms with Gasteiger partial charge in [-0.2, -0.15) is 9.78 Å². The lowest BCUT2D eigenvalue weighted by atomic mass is 10.2. The lowest BCUT2D eigenvalue weighted by Gasteiger charge is -2.21. The van der Waals surface area contributed by atoms with Gasteiger partial charge in [-0.15, -0.1) is 5.10 Å². The molecular formula is C17H20N8O2. The Morgan fingerprint density at radius 3 is 2.78 bits per heavy atom. The maximum Gasteiger partial charge on any atom is 0.247 e. The zero-order chi connectivity index (χ0) is 19.4. The van der Waals surface area contributed by atoms with Crippen molar-refractivity contribution in [1.82, 2.24) is 34.9 Å². The van der Waals surface area contributed by atoms with Gasteiger partial charge >= 0.3 is 0 Å². The van der Waals surface area contributed by atoms with Gasteiger partial charge in [0.25, 0.3) is 0 Å². The Bertz CT molecular complexity index is 934. The largest absolute Gasteiger partial charge is 0.335 e. The number of benzene rings is 1. The van der Waals surface area contributed by atoms with Crippen LogP contribution in [0, 0.1) is 6.92 Å². The summed E-state index contributed by atoms with van der Waals surface area (Å²) in [5.74, 6) is 0.132. The Morgan fingerprint density at radius 1 is 1.30 bits per heavy atom. The van der Waals surface area contributed by atoms with E-state index in [0.29, 0.717) is 11.5 Å². The molecule has 0 saturated carbocycles. The van der Waals surface area contributed by atoms with Crippen molar-refractivity contribution in [3.8, 4) is 5.69 Å². The van der Waals surface area contributed by atoms with E-state index in [1.807, 2.05) is 6.07 Å². The van der Waals surface area contributed by atoms with Gasteiger partial charge in [0.2, 0.25) is 11.8 Å². The van der Waals surface area contributed by atoms with E-state index >= 15 is 0 Å². The maximum atomic E-state index is 12.4. The summed E-state index contributed by atoms with van der Waals surface area (Å²) in [5, 5.41) is 18.2. The summed E-state index contributed by atoms with van der Waals surface area (Å²) in [6.07, 6.45) is 3.32. The van der Waals surface area contributed by atoms with Gasteiger partial charge in [-0.25, -0.2) is 0 Å². The van der Waals surface area contributed by atoms with Crippen LogP contribution in [0.5, 0.6) is 0 Å². The first-order valence-corrected chi connectivity index (χ1v) is 8.35. The van der Waals surface area contributed by atoms with Gasteiger partial charge in [-0.05, 0) is 48.5 Å². The monoisotopic (exact) mass is 368 g/mol. The molecule has 10 nitrogen and oxygen atoms in total. The van der Waals surface area contributed by atoms with E-state index in [9.17, 15) is 9.59 Å². The molecule has 0 aliphatic carbocycles. The molecule has 2 heterocycles. The van der Waals surface area contributed by atoms with E-state index in [4.69, 9.17) is 0 Å². The molecule has 140 valence electrons. The van der Waals surface area contributed by atoms with Crippen molar-refractivity contribution in [2.24, 2.45) is 0 Å². The number of tetrazole rings is 1. The normalized spacial score (nSPS) is 11.8. The van der Waals surface area contributed by atoms with Crippen LogP contribution >= 0.6 is 0 Å². The third-order valence-electron chi connectivity index (χ3n) is 4.04. The fourth-order valence-electron chi connectivity index (χ4n) is 2.62. The number of likely N-dealkylation sites (N-methyl/N-ethyl adjacent to an activating group) is 1. The summed E-state index contributed by atoms with van der Waals surface area (Å²) in [6.45, 7) is 3.45. The van der Waals surface area contributed by atoms with E-state index in [-0.39, 0.29) is 18.4 Å². The molecule has 1 unspecified atom stereocenters. The summed E-state index contributed by atoms with van der Waals surface area (Å²) in [4.78, 5) is 26.1. The topological polar surface area (TPSA) is 111 Å². The number of aryl methyl sites for hydroxylation is 1. The molecule has 0 aliphatic heterocycles. The van der Waals surface area contributed by atoms with Crippen LogP contribution in [0.3, 0.4) is 0 Å². The standard InChI is InChI=1S/C17H20N8O2/c1-12(24-9-5-8-18-24)17(27)23(3)11-16(26)19-14-6-4-7-15(10-14)25-13(2)20-21-22-25/h4-10,12H,11H2,1-3H3,(H,19,26). The zero-order valence-corrected chi connectivity index (χ0v) is 15.3. The van der Waals surface area contributed by atoms with Crippen LogP contribution in [-0.4, -0.2) is 60.3 Å². The highest BCUT2D eigenvalue weighted by molar-refractivity contribution is 5.95. The lowest BCUT2D eigenvalue weighted by Crippen LogP contribution is -2.38. The first kappa shape index (κ1) is 18.2. The fourth-order valence-corrected chi connectivity index (χ4v) is 2.62. The molecular weight excluding hydrogens is 348 g/mol. The molecule has 0 aliphatic rings. The van der Waals surface area contributed by atoms with E-state index < -0.39 is 6.04 Å². The second-order valence-corrected chi connectivity index (χ2v) is 6.09. The lowest BCUT2D eigenvalue weighted by molar-refractivity contribution is -0.136. The summed E-state index contributed by atoms with van der Waals surface area (Å²) in [5.41, 5.74) is 1.32. The summed E-state index contributed by atoms with van der Waals surface area (Å²) in [7, 11) is 1.59. The first-order valence-electron chi connectivity index (χ1n) is 8.35. The Balaban J connectivity index is 1.62. The van der Waals surface area contributed by atoms with Crippen LogP contribution in [0.1, 0.15) is 18.8 Å². The minimum atomic E-state index is -0.482. The third kappa shape index (κ3) is 4.17. The van der Waals surface area contributed by atoms with Crippen LogP contribution in [0.4, 0.5) is 5.69 Å². The molecule has 1 atom stereocenters. The third-order valence-corrected chi connectivity index (χ3v) is 4.04. The molecule has 2 aromatic heterocycles. The average Bonchev–Trinajstić information content (AvgIpc) is 3.32. The summed E-state index contributed by atoms with van der Waals surface area (Å²) < 4.78 is 3.12. The van der Waals surface area contributed by atoms with Crippen molar-refractivity contribution in [2.45, 2.75) is 19.9 Å².